The van der Waals surface area contributed by atoms with Gasteiger partial charge in [-0.1, -0.05) is 12.7 Å². The zero-order valence-corrected chi connectivity index (χ0v) is 7.72. The van der Waals surface area contributed by atoms with Gasteiger partial charge in [0.2, 0.25) is 0 Å². The Morgan fingerprint density at radius 1 is 1.50 bits per heavy atom. The highest BCUT2D eigenvalue weighted by Crippen LogP contribution is 1.99. The predicted octanol–water partition coefficient (Wildman–Crippen LogP) is 2.64. The van der Waals surface area contributed by atoms with Crippen molar-refractivity contribution in [3.05, 3.63) is 25.0 Å². The van der Waals surface area contributed by atoms with Gasteiger partial charge in [-0.2, -0.15) is 0 Å². The molecule has 0 aromatic carbocycles. The van der Waals surface area contributed by atoms with Crippen LogP contribution in [0.1, 0.15) is 19.3 Å². The predicted molar refractivity (Wildman–Crippen MR) is 50.0 cm³/mol. The lowest BCUT2D eigenvalue weighted by atomic mass is 10.2. The number of carbonyl (C=O) groups is 1. The third-order valence-electron chi connectivity index (χ3n) is 1.18. The van der Waals surface area contributed by atoms with Gasteiger partial charge in [-0.05, 0) is 18.9 Å². The summed E-state index contributed by atoms with van der Waals surface area (Å²) in [5.74, 6) is 0.369. The smallest absolute Gasteiger partial charge is 0.310 e. The second kappa shape index (κ2) is 8.34. The molecule has 2 nitrogen and oxygen atoms in total. The Morgan fingerprint density at radius 2 is 2.25 bits per heavy atom. The van der Waals surface area contributed by atoms with Crippen LogP contribution in [0.4, 0.5) is 0 Å². The van der Waals surface area contributed by atoms with Crippen LogP contribution < -0.4 is 0 Å². The van der Waals surface area contributed by atoms with E-state index in [1.807, 2.05) is 0 Å². The highest BCUT2D eigenvalue weighted by molar-refractivity contribution is 6.17. The molecule has 12 heavy (non-hydrogen) atoms. The number of carbonyl (C=O) groups excluding carboxylic acids is 1. The van der Waals surface area contributed by atoms with E-state index in [9.17, 15) is 4.79 Å². The first-order chi connectivity index (χ1) is 5.81. The van der Waals surface area contributed by atoms with Crippen molar-refractivity contribution in [2.24, 2.45) is 0 Å². The van der Waals surface area contributed by atoms with Crippen LogP contribution in [0.25, 0.3) is 0 Å². The molecular weight excluding hydrogens is 176 g/mol. The minimum atomic E-state index is -0.224. The molecule has 0 aliphatic heterocycles. The zero-order valence-electron chi connectivity index (χ0n) is 6.96. The van der Waals surface area contributed by atoms with Crippen molar-refractivity contribution in [3.63, 3.8) is 0 Å². The fourth-order valence-electron chi connectivity index (χ4n) is 0.593. The number of rotatable bonds is 6. The molecule has 0 fully saturated rings. The summed E-state index contributed by atoms with van der Waals surface area (Å²) < 4.78 is 4.70. The van der Waals surface area contributed by atoms with Crippen LogP contribution in [0.15, 0.2) is 25.0 Å². The zero-order chi connectivity index (χ0) is 9.23. The molecule has 0 radical (unpaired) electrons. The Bertz CT molecular complexity index is 164. The number of hydrogen-bond donors (Lipinski definition) is 0. The van der Waals surface area contributed by atoms with E-state index in [-0.39, 0.29) is 5.97 Å². The first kappa shape index (κ1) is 11.2. The van der Waals surface area contributed by atoms with E-state index in [2.05, 4.69) is 6.58 Å². The number of esters is 1. The summed E-state index contributed by atoms with van der Waals surface area (Å²) in [5.41, 5.74) is 0. The normalized spacial score (nSPS) is 10.1. The van der Waals surface area contributed by atoms with Crippen LogP contribution in [0.3, 0.4) is 0 Å². The summed E-state index contributed by atoms with van der Waals surface area (Å²) >= 11 is 5.43. The van der Waals surface area contributed by atoms with Crippen LogP contribution in [-0.4, -0.2) is 11.8 Å². The van der Waals surface area contributed by atoms with E-state index in [0.717, 1.165) is 12.8 Å². The number of allylic oxidation sites excluding steroid dienone is 2. The SMILES string of the molecule is C=C/C=C/OC(=O)CCCCCl. The number of hydrogen-bond acceptors (Lipinski definition) is 2. The average molecular weight is 189 g/mol. The van der Waals surface area contributed by atoms with Gasteiger partial charge in [-0.25, -0.2) is 0 Å². The van der Waals surface area contributed by atoms with Crippen LogP contribution in [-0.2, 0) is 9.53 Å². The van der Waals surface area contributed by atoms with Crippen LogP contribution in [0.2, 0.25) is 0 Å². The van der Waals surface area contributed by atoms with Crippen molar-refractivity contribution in [1.82, 2.24) is 0 Å². The molecule has 0 bridgehead atoms. The first-order valence-electron chi connectivity index (χ1n) is 3.84. The molecule has 0 aromatic rings. The summed E-state index contributed by atoms with van der Waals surface area (Å²) in [5, 5.41) is 0. The van der Waals surface area contributed by atoms with E-state index in [0.29, 0.717) is 12.3 Å². The molecule has 3 heteroatoms. The van der Waals surface area contributed by atoms with Gasteiger partial charge in [0.1, 0.15) is 0 Å². The third-order valence-corrected chi connectivity index (χ3v) is 1.45. The number of alkyl halides is 1. The topological polar surface area (TPSA) is 26.3 Å². The molecule has 0 unspecified atom stereocenters. The first-order valence-corrected chi connectivity index (χ1v) is 4.37. The lowest BCUT2D eigenvalue weighted by Gasteiger charge is -1.96. The van der Waals surface area contributed by atoms with Crippen LogP contribution in [0, 0.1) is 0 Å². The van der Waals surface area contributed by atoms with Crippen molar-refractivity contribution >= 4 is 17.6 Å². The summed E-state index contributed by atoms with van der Waals surface area (Å²) in [7, 11) is 0. The Hall–Kier alpha value is -0.760. The third kappa shape index (κ3) is 7.35. The van der Waals surface area contributed by atoms with E-state index in [1.54, 1.807) is 12.2 Å². The van der Waals surface area contributed by atoms with Crippen LogP contribution >= 0.6 is 11.6 Å². The minimum Gasteiger partial charge on any atom is -0.434 e. The summed E-state index contributed by atoms with van der Waals surface area (Å²) in [6, 6.07) is 0. The van der Waals surface area contributed by atoms with E-state index in [1.165, 1.54) is 6.26 Å². The van der Waals surface area contributed by atoms with E-state index >= 15 is 0 Å². The molecule has 68 valence electrons. The largest absolute Gasteiger partial charge is 0.434 e. The standard InChI is InChI=1S/C9H13ClO2/c1-2-3-8-12-9(11)6-4-5-7-10/h2-3,8H,1,4-7H2/b8-3+. The van der Waals surface area contributed by atoms with Crippen molar-refractivity contribution < 1.29 is 9.53 Å². The highest BCUT2D eigenvalue weighted by Gasteiger charge is 1.98. The van der Waals surface area contributed by atoms with Crippen LogP contribution in [0.5, 0.6) is 0 Å². The monoisotopic (exact) mass is 188 g/mol. The van der Waals surface area contributed by atoms with E-state index < -0.39 is 0 Å². The van der Waals surface area contributed by atoms with Crippen molar-refractivity contribution in [1.29, 1.82) is 0 Å². The van der Waals surface area contributed by atoms with Crippen molar-refractivity contribution in [2.75, 3.05) is 5.88 Å². The maximum Gasteiger partial charge on any atom is 0.310 e. The Kier molecular flexibility index (Phi) is 7.81. The molecule has 0 heterocycles. The molecule has 0 saturated heterocycles. The van der Waals surface area contributed by atoms with Gasteiger partial charge in [0.25, 0.3) is 0 Å². The quantitative estimate of drug-likeness (QED) is 0.211. The maximum atomic E-state index is 10.8. The van der Waals surface area contributed by atoms with Gasteiger partial charge >= 0.3 is 5.97 Å². The molecule has 0 saturated carbocycles. The molecular formula is C9H13ClO2. The van der Waals surface area contributed by atoms with Gasteiger partial charge in [0.15, 0.2) is 0 Å². The second-order valence-electron chi connectivity index (χ2n) is 2.20. The summed E-state index contributed by atoms with van der Waals surface area (Å²) in [6.07, 6.45) is 6.50. The molecule has 0 aromatic heterocycles. The van der Waals surface area contributed by atoms with Crippen molar-refractivity contribution in [2.45, 2.75) is 19.3 Å². The highest BCUT2D eigenvalue weighted by atomic mass is 35.5. The maximum absolute atomic E-state index is 10.8. The molecule has 0 atom stereocenters. The van der Waals surface area contributed by atoms with Gasteiger partial charge in [0, 0.05) is 12.3 Å². The minimum absolute atomic E-state index is 0.224. The van der Waals surface area contributed by atoms with Gasteiger partial charge in [-0.15, -0.1) is 11.6 Å². The van der Waals surface area contributed by atoms with E-state index in [4.69, 9.17) is 16.3 Å². The molecule has 0 N–H and O–H groups in total. The van der Waals surface area contributed by atoms with Crippen molar-refractivity contribution in [3.8, 4) is 0 Å². The lowest BCUT2D eigenvalue weighted by molar-refractivity contribution is -0.138. The molecule has 0 aliphatic carbocycles. The number of halogens is 1. The second-order valence-corrected chi connectivity index (χ2v) is 2.58. The van der Waals surface area contributed by atoms with Gasteiger partial charge < -0.3 is 4.74 Å². The fraction of sp³-hybridized carbons (Fsp3) is 0.444. The number of ether oxygens (including phenoxy) is 1. The average Bonchev–Trinajstić information content (AvgIpc) is 2.06. The Balaban J connectivity index is 3.33. The molecule has 0 aliphatic rings. The summed E-state index contributed by atoms with van der Waals surface area (Å²) in [4.78, 5) is 10.8. The Morgan fingerprint density at radius 3 is 2.83 bits per heavy atom. The van der Waals surface area contributed by atoms with Gasteiger partial charge in [-0.3, -0.25) is 4.79 Å². The fourth-order valence-corrected chi connectivity index (χ4v) is 0.782. The summed E-state index contributed by atoms with van der Waals surface area (Å²) in [6.45, 7) is 3.44. The molecule has 0 rings (SSSR count). The Labute approximate surface area is 77.9 Å². The molecule has 0 spiro atoms. The van der Waals surface area contributed by atoms with Gasteiger partial charge in [0.05, 0.1) is 6.26 Å². The lowest BCUT2D eigenvalue weighted by Crippen LogP contribution is -1.98. The molecule has 0 amide bonds. The number of unbranched alkanes of at least 4 members (excludes halogenated alkanes) is 1.